The minimum Gasteiger partial charge on any atom is -0.360 e. The summed E-state index contributed by atoms with van der Waals surface area (Å²) >= 11 is 18.9. The molecule has 0 aromatic heterocycles. The summed E-state index contributed by atoms with van der Waals surface area (Å²) in [6.07, 6.45) is 0. The summed E-state index contributed by atoms with van der Waals surface area (Å²) in [5.41, 5.74) is 4.62. The maximum absolute atomic E-state index is 13.8. The van der Waals surface area contributed by atoms with Crippen molar-refractivity contribution in [3.63, 3.8) is 0 Å². The van der Waals surface area contributed by atoms with Crippen LogP contribution in [0, 0.1) is 0 Å². The van der Waals surface area contributed by atoms with Gasteiger partial charge in [0.05, 0.1) is 16.8 Å². The first kappa shape index (κ1) is 23.7. The van der Waals surface area contributed by atoms with Crippen LogP contribution in [0.15, 0.2) is 97.1 Å². The summed E-state index contributed by atoms with van der Waals surface area (Å²) < 4.78 is 0. The van der Waals surface area contributed by atoms with E-state index < -0.39 is 0 Å². The molecular weight excluding hydrogens is 499 g/mol. The molecular formula is C29H23Cl3N2O. The highest BCUT2D eigenvalue weighted by Gasteiger charge is 2.33. The number of carbonyl (C=O) groups excluding carboxylic acids is 1. The Morgan fingerprint density at radius 3 is 2.17 bits per heavy atom. The van der Waals surface area contributed by atoms with Gasteiger partial charge in [-0.05, 0) is 53.1 Å². The van der Waals surface area contributed by atoms with Crippen LogP contribution < -0.4 is 4.90 Å². The van der Waals surface area contributed by atoms with E-state index >= 15 is 0 Å². The molecule has 0 N–H and O–H groups in total. The molecule has 1 amide bonds. The monoisotopic (exact) mass is 520 g/mol. The van der Waals surface area contributed by atoms with E-state index in [0.717, 1.165) is 22.4 Å². The van der Waals surface area contributed by atoms with Gasteiger partial charge in [-0.25, -0.2) is 0 Å². The third-order valence-electron chi connectivity index (χ3n) is 6.38. The molecule has 1 unspecified atom stereocenters. The van der Waals surface area contributed by atoms with E-state index in [1.165, 1.54) is 0 Å². The number of halogens is 3. The van der Waals surface area contributed by atoms with Crippen molar-refractivity contribution in [2.45, 2.75) is 6.04 Å². The Labute approximate surface area is 220 Å². The lowest BCUT2D eigenvalue weighted by atomic mass is 9.97. The fraction of sp³-hybridized carbons (Fsp3) is 0.138. The summed E-state index contributed by atoms with van der Waals surface area (Å²) in [5, 5.41) is 1.85. The number of carbonyl (C=O) groups is 1. The van der Waals surface area contributed by atoms with Gasteiger partial charge in [-0.15, -0.1) is 0 Å². The summed E-state index contributed by atoms with van der Waals surface area (Å²) in [4.78, 5) is 18.0. The predicted octanol–water partition coefficient (Wildman–Crippen LogP) is 8.02. The highest BCUT2D eigenvalue weighted by atomic mass is 35.5. The van der Waals surface area contributed by atoms with Crippen molar-refractivity contribution in [3.8, 4) is 11.1 Å². The topological polar surface area (TPSA) is 23.6 Å². The second-order valence-corrected chi connectivity index (χ2v) is 9.80. The molecule has 0 bridgehead atoms. The Hall–Kier alpha value is -2.98. The predicted molar refractivity (Wildman–Crippen MR) is 146 cm³/mol. The second-order valence-electron chi connectivity index (χ2n) is 8.52. The van der Waals surface area contributed by atoms with Gasteiger partial charge in [0.15, 0.2) is 0 Å². The second kappa shape index (κ2) is 10.3. The van der Waals surface area contributed by atoms with E-state index in [0.29, 0.717) is 40.3 Å². The molecule has 1 aliphatic heterocycles. The summed E-state index contributed by atoms with van der Waals surface area (Å²) in [6.45, 7) is 1.72. The van der Waals surface area contributed by atoms with Crippen LogP contribution in [0.4, 0.5) is 5.69 Å². The highest BCUT2D eigenvalue weighted by Crippen LogP contribution is 2.37. The minimum atomic E-state index is -0.0903. The van der Waals surface area contributed by atoms with Crippen LogP contribution in [-0.2, 0) is 0 Å². The van der Waals surface area contributed by atoms with Crippen LogP contribution in [0.1, 0.15) is 22.0 Å². The fourth-order valence-electron chi connectivity index (χ4n) is 4.65. The molecule has 4 aromatic rings. The number of rotatable bonds is 4. The standard InChI is InChI=1S/C29H23Cl3N2O/c30-22-12-10-21(11-13-22)28-19-33(16-17-34(28)27-15-14-23(31)18-26(27)32)29(35)25-9-5-4-8-24(25)20-6-2-1-3-7-20/h1-15,18,28H,16-17,19H2. The molecule has 1 atom stereocenters. The first-order valence-corrected chi connectivity index (χ1v) is 12.6. The Bertz CT molecular complexity index is 1340. The molecule has 1 aliphatic rings. The quantitative estimate of drug-likeness (QED) is 0.271. The number of hydrogen-bond donors (Lipinski definition) is 0. The van der Waals surface area contributed by atoms with E-state index in [2.05, 4.69) is 4.90 Å². The molecule has 3 nitrogen and oxygen atoms in total. The van der Waals surface area contributed by atoms with Crippen molar-refractivity contribution < 1.29 is 4.79 Å². The van der Waals surface area contributed by atoms with Crippen molar-refractivity contribution in [3.05, 3.63) is 123 Å². The van der Waals surface area contributed by atoms with Gasteiger partial charge < -0.3 is 9.80 Å². The molecule has 0 saturated carbocycles. The summed E-state index contributed by atoms with van der Waals surface area (Å²) in [6, 6.07) is 31.0. The van der Waals surface area contributed by atoms with E-state index in [1.807, 2.05) is 95.9 Å². The average Bonchev–Trinajstić information content (AvgIpc) is 2.89. The van der Waals surface area contributed by atoms with Crippen LogP contribution in [0.2, 0.25) is 15.1 Å². The van der Waals surface area contributed by atoms with Crippen molar-refractivity contribution in [2.75, 3.05) is 24.5 Å². The van der Waals surface area contributed by atoms with Crippen LogP contribution in [0.3, 0.4) is 0 Å². The van der Waals surface area contributed by atoms with E-state index in [9.17, 15) is 4.79 Å². The van der Waals surface area contributed by atoms with Crippen LogP contribution in [-0.4, -0.2) is 30.4 Å². The Kier molecular flexibility index (Phi) is 7.01. The molecule has 5 rings (SSSR count). The highest BCUT2D eigenvalue weighted by molar-refractivity contribution is 6.36. The van der Waals surface area contributed by atoms with Crippen LogP contribution in [0.5, 0.6) is 0 Å². The van der Waals surface area contributed by atoms with Gasteiger partial charge in [0.25, 0.3) is 5.91 Å². The van der Waals surface area contributed by atoms with Crippen molar-refractivity contribution in [2.24, 2.45) is 0 Å². The normalized spacial score (nSPS) is 15.8. The Morgan fingerprint density at radius 1 is 0.743 bits per heavy atom. The van der Waals surface area contributed by atoms with E-state index in [-0.39, 0.29) is 11.9 Å². The van der Waals surface area contributed by atoms with Gasteiger partial charge in [-0.2, -0.15) is 0 Å². The largest absolute Gasteiger partial charge is 0.360 e. The number of amides is 1. The first-order chi connectivity index (χ1) is 17.0. The van der Waals surface area contributed by atoms with Gasteiger partial charge in [0, 0.05) is 35.2 Å². The SMILES string of the molecule is O=C(c1ccccc1-c1ccccc1)N1CCN(c2ccc(Cl)cc2Cl)C(c2ccc(Cl)cc2)C1. The third kappa shape index (κ3) is 5.04. The fourth-order valence-corrected chi connectivity index (χ4v) is 5.29. The Morgan fingerprint density at radius 2 is 1.43 bits per heavy atom. The summed E-state index contributed by atoms with van der Waals surface area (Å²) in [7, 11) is 0. The van der Waals surface area contributed by atoms with Gasteiger partial charge in [0.1, 0.15) is 0 Å². The molecule has 4 aromatic carbocycles. The molecule has 1 fully saturated rings. The maximum Gasteiger partial charge on any atom is 0.254 e. The van der Waals surface area contributed by atoms with Gasteiger partial charge in [0.2, 0.25) is 0 Å². The zero-order chi connectivity index (χ0) is 24.4. The average molecular weight is 522 g/mol. The van der Waals surface area contributed by atoms with Crippen molar-refractivity contribution in [1.82, 2.24) is 4.90 Å². The zero-order valence-electron chi connectivity index (χ0n) is 18.9. The molecule has 1 heterocycles. The smallest absolute Gasteiger partial charge is 0.254 e. The molecule has 35 heavy (non-hydrogen) atoms. The first-order valence-electron chi connectivity index (χ1n) is 11.4. The van der Waals surface area contributed by atoms with Crippen molar-refractivity contribution in [1.29, 1.82) is 0 Å². The number of hydrogen-bond acceptors (Lipinski definition) is 2. The number of benzene rings is 4. The van der Waals surface area contributed by atoms with Gasteiger partial charge in [-0.1, -0.05) is 95.5 Å². The van der Waals surface area contributed by atoms with Crippen LogP contribution in [0.25, 0.3) is 11.1 Å². The number of piperazine rings is 1. The lowest BCUT2D eigenvalue weighted by Crippen LogP contribution is -2.50. The minimum absolute atomic E-state index is 0.0188. The molecule has 0 aliphatic carbocycles. The number of nitrogens with zero attached hydrogens (tertiary/aromatic N) is 2. The molecule has 1 saturated heterocycles. The third-order valence-corrected chi connectivity index (χ3v) is 7.17. The van der Waals surface area contributed by atoms with Gasteiger partial charge >= 0.3 is 0 Å². The molecule has 0 spiro atoms. The molecule has 6 heteroatoms. The van der Waals surface area contributed by atoms with Crippen molar-refractivity contribution >= 4 is 46.4 Å². The lowest BCUT2D eigenvalue weighted by Gasteiger charge is -2.43. The lowest BCUT2D eigenvalue weighted by molar-refractivity contribution is 0.0722. The van der Waals surface area contributed by atoms with E-state index in [4.69, 9.17) is 34.8 Å². The molecule has 0 radical (unpaired) electrons. The Balaban J connectivity index is 1.49. The van der Waals surface area contributed by atoms with Crippen LogP contribution >= 0.6 is 34.8 Å². The summed E-state index contributed by atoms with van der Waals surface area (Å²) in [5.74, 6) is 0.0188. The zero-order valence-corrected chi connectivity index (χ0v) is 21.1. The van der Waals surface area contributed by atoms with Gasteiger partial charge in [-0.3, -0.25) is 4.79 Å². The molecule has 176 valence electrons. The maximum atomic E-state index is 13.8. The number of anilines is 1. The van der Waals surface area contributed by atoms with E-state index in [1.54, 1.807) is 6.07 Å².